The topological polar surface area (TPSA) is 29.5 Å². The summed E-state index contributed by atoms with van der Waals surface area (Å²) in [6.07, 6.45) is 4.02. The zero-order chi connectivity index (χ0) is 12.5. The monoisotopic (exact) mass is 234 g/mol. The molecule has 0 spiro atoms. The first-order valence-electron chi connectivity index (χ1n) is 6.47. The van der Waals surface area contributed by atoms with Crippen molar-refractivity contribution in [1.29, 1.82) is 0 Å². The first-order valence-corrected chi connectivity index (χ1v) is 6.47. The molecule has 2 nitrogen and oxygen atoms in total. The fourth-order valence-electron chi connectivity index (χ4n) is 2.72. The molecule has 1 saturated carbocycles. The van der Waals surface area contributed by atoms with E-state index in [2.05, 4.69) is 19.9 Å². The average molecular weight is 234 g/mol. The van der Waals surface area contributed by atoms with Crippen LogP contribution in [0.4, 0.5) is 0 Å². The summed E-state index contributed by atoms with van der Waals surface area (Å²) in [6, 6.07) is 6.12. The van der Waals surface area contributed by atoms with Crippen molar-refractivity contribution in [2.45, 2.75) is 51.0 Å². The minimum atomic E-state index is -0.601. The zero-order valence-corrected chi connectivity index (χ0v) is 11.0. The quantitative estimate of drug-likeness (QED) is 0.866. The predicted molar refractivity (Wildman–Crippen MR) is 69.4 cm³/mol. The van der Waals surface area contributed by atoms with E-state index in [4.69, 9.17) is 4.74 Å². The minimum Gasteiger partial charge on any atom is -0.496 e. The van der Waals surface area contributed by atoms with Crippen LogP contribution >= 0.6 is 0 Å². The van der Waals surface area contributed by atoms with Crippen molar-refractivity contribution in [1.82, 2.24) is 0 Å². The molecule has 2 rings (SSSR count). The van der Waals surface area contributed by atoms with Crippen LogP contribution in [0.3, 0.4) is 0 Å². The molecule has 0 unspecified atom stereocenters. The highest BCUT2D eigenvalue weighted by atomic mass is 16.5. The molecule has 0 aromatic heterocycles. The lowest BCUT2D eigenvalue weighted by atomic mass is 9.88. The summed E-state index contributed by atoms with van der Waals surface area (Å²) in [4.78, 5) is 0. The summed E-state index contributed by atoms with van der Waals surface area (Å²) in [5.41, 5.74) is 1.64. The molecule has 0 heterocycles. The van der Waals surface area contributed by atoms with Crippen LogP contribution < -0.4 is 4.74 Å². The van der Waals surface area contributed by atoms with E-state index >= 15 is 0 Å². The Morgan fingerprint density at radius 1 is 1.24 bits per heavy atom. The second-order valence-corrected chi connectivity index (χ2v) is 5.35. The second kappa shape index (κ2) is 4.69. The van der Waals surface area contributed by atoms with Gasteiger partial charge in [-0.1, -0.05) is 32.8 Å². The molecule has 2 heteroatoms. The average Bonchev–Trinajstić information content (AvgIpc) is 2.76. The molecule has 0 saturated heterocycles. The van der Waals surface area contributed by atoms with E-state index in [0.717, 1.165) is 37.0 Å². The number of rotatable bonds is 3. The molecule has 0 atom stereocenters. The summed E-state index contributed by atoms with van der Waals surface area (Å²) in [7, 11) is 1.70. The number of aliphatic hydroxyl groups is 1. The lowest BCUT2D eigenvalue weighted by Gasteiger charge is -2.24. The van der Waals surface area contributed by atoms with Crippen LogP contribution in [-0.2, 0) is 5.60 Å². The SMILES string of the molecule is COc1ccc(C2(O)CCCC2)cc1C(C)C. The van der Waals surface area contributed by atoms with Gasteiger partial charge < -0.3 is 9.84 Å². The van der Waals surface area contributed by atoms with Crippen LogP contribution in [0.25, 0.3) is 0 Å². The lowest BCUT2D eigenvalue weighted by molar-refractivity contribution is 0.0443. The van der Waals surface area contributed by atoms with Crippen LogP contribution in [0.2, 0.25) is 0 Å². The summed E-state index contributed by atoms with van der Waals surface area (Å²) in [6.45, 7) is 4.31. The summed E-state index contributed by atoms with van der Waals surface area (Å²) < 4.78 is 5.38. The highest BCUT2D eigenvalue weighted by Crippen LogP contribution is 2.40. The first-order chi connectivity index (χ1) is 8.07. The fourth-order valence-corrected chi connectivity index (χ4v) is 2.72. The maximum Gasteiger partial charge on any atom is 0.122 e. The number of methoxy groups -OCH3 is 1. The number of hydrogen-bond acceptors (Lipinski definition) is 2. The molecule has 0 bridgehead atoms. The second-order valence-electron chi connectivity index (χ2n) is 5.35. The maximum absolute atomic E-state index is 10.6. The molecule has 94 valence electrons. The van der Waals surface area contributed by atoms with Gasteiger partial charge in [0.2, 0.25) is 0 Å². The molecule has 0 aliphatic heterocycles. The third kappa shape index (κ3) is 2.32. The van der Waals surface area contributed by atoms with Crippen molar-refractivity contribution in [2.24, 2.45) is 0 Å². The smallest absolute Gasteiger partial charge is 0.122 e. The van der Waals surface area contributed by atoms with Gasteiger partial charge in [-0.05, 0) is 42.0 Å². The fraction of sp³-hybridized carbons (Fsp3) is 0.600. The maximum atomic E-state index is 10.6. The highest BCUT2D eigenvalue weighted by molar-refractivity contribution is 5.41. The third-order valence-electron chi connectivity index (χ3n) is 3.82. The zero-order valence-electron chi connectivity index (χ0n) is 11.0. The summed E-state index contributed by atoms with van der Waals surface area (Å²) in [5.74, 6) is 1.33. The van der Waals surface area contributed by atoms with E-state index in [1.54, 1.807) is 7.11 Å². The molecule has 1 aliphatic rings. The Labute approximate surface area is 104 Å². The Morgan fingerprint density at radius 2 is 1.88 bits per heavy atom. The Bertz CT molecular complexity index is 390. The van der Waals surface area contributed by atoms with Gasteiger partial charge in [0.1, 0.15) is 5.75 Å². The van der Waals surface area contributed by atoms with E-state index in [1.807, 2.05) is 12.1 Å². The van der Waals surface area contributed by atoms with Gasteiger partial charge in [-0.15, -0.1) is 0 Å². The van der Waals surface area contributed by atoms with Gasteiger partial charge in [0.05, 0.1) is 12.7 Å². The Balaban J connectivity index is 2.40. The number of hydrogen-bond donors (Lipinski definition) is 1. The summed E-state index contributed by atoms with van der Waals surface area (Å²) in [5, 5.41) is 10.6. The van der Waals surface area contributed by atoms with E-state index in [1.165, 1.54) is 5.56 Å². The third-order valence-corrected chi connectivity index (χ3v) is 3.82. The Kier molecular flexibility index (Phi) is 3.43. The van der Waals surface area contributed by atoms with Crippen molar-refractivity contribution >= 4 is 0 Å². The predicted octanol–water partition coefficient (Wildman–Crippen LogP) is 3.58. The van der Waals surface area contributed by atoms with Crippen LogP contribution in [0.15, 0.2) is 18.2 Å². The largest absolute Gasteiger partial charge is 0.496 e. The van der Waals surface area contributed by atoms with E-state index in [9.17, 15) is 5.11 Å². The van der Waals surface area contributed by atoms with Gasteiger partial charge in [-0.3, -0.25) is 0 Å². The molecule has 1 aliphatic carbocycles. The summed E-state index contributed by atoms with van der Waals surface area (Å²) >= 11 is 0. The van der Waals surface area contributed by atoms with Crippen molar-refractivity contribution < 1.29 is 9.84 Å². The molecular weight excluding hydrogens is 212 g/mol. The highest BCUT2D eigenvalue weighted by Gasteiger charge is 2.33. The molecule has 1 fully saturated rings. The van der Waals surface area contributed by atoms with E-state index < -0.39 is 5.60 Å². The molecule has 0 amide bonds. The lowest BCUT2D eigenvalue weighted by Crippen LogP contribution is -2.21. The van der Waals surface area contributed by atoms with Gasteiger partial charge in [0, 0.05) is 0 Å². The Hall–Kier alpha value is -1.02. The van der Waals surface area contributed by atoms with Crippen LogP contribution in [0.1, 0.15) is 56.6 Å². The van der Waals surface area contributed by atoms with Gasteiger partial charge >= 0.3 is 0 Å². The van der Waals surface area contributed by atoms with Gasteiger partial charge in [-0.25, -0.2) is 0 Å². The van der Waals surface area contributed by atoms with Crippen LogP contribution in [-0.4, -0.2) is 12.2 Å². The molecular formula is C15H22O2. The number of ether oxygens (including phenoxy) is 1. The van der Waals surface area contributed by atoms with Gasteiger partial charge in [0.15, 0.2) is 0 Å². The van der Waals surface area contributed by atoms with Crippen molar-refractivity contribution in [3.63, 3.8) is 0 Å². The van der Waals surface area contributed by atoms with Crippen LogP contribution in [0, 0.1) is 0 Å². The molecule has 1 aromatic rings. The number of benzene rings is 1. The van der Waals surface area contributed by atoms with Crippen molar-refractivity contribution in [3.05, 3.63) is 29.3 Å². The van der Waals surface area contributed by atoms with E-state index in [0.29, 0.717) is 5.92 Å². The van der Waals surface area contributed by atoms with Crippen LogP contribution in [0.5, 0.6) is 5.75 Å². The molecule has 17 heavy (non-hydrogen) atoms. The first kappa shape index (κ1) is 12.4. The van der Waals surface area contributed by atoms with Crippen molar-refractivity contribution in [3.8, 4) is 5.75 Å². The van der Waals surface area contributed by atoms with Gasteiger partial charge in [0.25, 0.3) is 0 Å². The minimum absolute atomic E-state index is 0.412. The molecule has 1 aromatic carbocycles. The normalized spacial score (nSPS) is 18.6. The van der Waals surface area contributed by atoms with Crippen molar-refractivity contribution in [2.75, 3.05) is 7.11 Å². The molecule has 1 N–H and O–H groups in total. The van der Waals surface area contributed by atoms with Gasteiger partial charge in [-0.2, -0.15) is 0 Å². The van der Waals surface area contributed by atoms with E-state index in [-0.39, 0.29) is 0 Å². The standard InChI is InChI=1S/C15H22O2/c1-11(2)13-10-12(6-7-14(13)17-3)15(16)8-4-5-9-15/h6-7,10-11,16H,4-5,8-9H2,1-3H3. The Morgan fingerprint density at radius 3 is 2.41 bits per heavy atom. The molecule has 0 radical (unpaired) electrons.